The van der Waals surface area contributed by atoms with Gasteiger partial charge in [0.2, 0.25) is 0 Å². The van der Waals surface area contributed by atoms with Crippen molar-refractivity contribution >= 4 is 22.9 Å². The van der Waals surface area contributed by atoms with Gasteiger partial charge in [0, 0.05) is 5.69 Å². The first kappa shape index (κ1) is 18.8. The summed E-state index contributed by atoms with van der Waals surface area (Å²) in [5.74, 6) is 1.13. The van der Waals surface area contributed by atoms with Gasteiger partial charge in [0.25, 0.3) is 17.7 Å². The van der Waals surface area contributed by atoms with Gasteiger partial charge in [0.15, 0.2) is 13.1 Å². The van der Waals surface area contributed by atoms with Gasteiger partial charge in [-0.2, -0.15) is 0 Å². The lowest BCUT2D eigenvalue weighted by atomic mass is 10.1. The molecule has 0 saturated carbocycles. The molecule has 0 aliphatic heterocycles. The molecule has 146 valence electrons. The third-order valence-electron chi connectivity index (χ3n) is 5.00. The van der Waals surface area contributed by atoms with Crippen molar-refractivity contribution in [3.8, 4) is 10.8 Å². The highest BCUT2D eigenvalue weighted by molar-refractivity contribution is 7.13. The summed E-state index contributed by atoms with van der Waals surface area (Å²) in [6.45, 7) is 3.91. The number of nitrogens with one attached hydrogen (secondary N) is 2. The first-order valence-electron chi connectivity index (χ1n) is 9.82. The SMILES string of the molecule is CCC[NH+](CC(=O)Nc1ccc2c(c1)CCC2)Cc1nnc(-c2cccs2)o1. The third kappa shape index (κ3) is 4.48. The standard InChI is InChI=1S/C21H24N4O2S/c1-2-10-25(14-20-23-24-21(27-20)18-7-4-11-28-18)13-19(26)22-17-9-8-15-5-3-6-16(15)12-17/h4,7-9,11-12H,2-3,5-6,10,13-14H2,1H3,(H,22,26)/p+1. The molecule has 3 aromatic rings. The largest absolute Gasteiger partial charge is 0.414 e. The zero-order chi connectivity index (χ0) is 19.3. The Bertz CT molecular complexity index is 936. The Morgan fingerprint density at radius 1 is 1.25 bits per heavy atom. The molecule has 1 unspecified atom stereocenters. The van der Waals surface area contributed by atoms with Crippen molar-refractivity contribution < 1.29 is 14.1 Å². The van der Waals surface area contributed by atoms with E-state index in [0.717, 1.165) is 41.3 Å². The number of hydrogen-bond acceptors (Lipinski definition) is 5. The van der Waals surface area contributed by atoms with Gasteiger partial charge in [0.1, 0.15) is 0 Å². The molecule has 0 radical (unpaired) electrons. The van der Waals surface area contributed by atoms with Gasteiger partial charge in [-0.1, -0.05) is 19.1 Å². The minimum absolute atomic E-state index is 0.0133. The molecule has 1 aliphatic carbocycles. The summed E-state index contributed by atoms with van der Waals surface area (Å²) in [5.41, 5.74) is 3.66. The zero-order valence-corrected chi connectivity index (χ0v) is 16.8. The molecule has 1 atom stereocenters. The van der Waals surface area contributed by atoms with Crippen LogP contribution in [0, 0.1) is 0 Å². The molecule has 6 nitrogen and oxygen atoms in total. The molecule has 28 heavy (non-hydrogen) atoms. The van der Waals surface area contributed by atoms with E-state index in [0.29, 0.717) is 24.9 Å². The number of quaternary nitrogens is 1. The molecular formula is C21H25N4O2S+. The number of aryl methyl sites for hydroxylation is 2. The smallest absolute Gasteiger partial charge is 0.279 e. The lowest BCUT2D eigenvalue weighted by Crippen LogP contribution is -3.11. The number of nitrogens with zero attached hydrogens (tertiary/aromatic N) is 2. The van der Waals surface area contributed by atoms with Gasteiger partial charge < -0.3 is 14.6 Å². The van der Waals surface area contributed by atoms with Gasteiger partial charge in [0.05, 0.1) is 11.4 Å². The average Bonchev–Trinajstić information content (AvgIpc) is 3.42. The van der Waals surface area contributed by atoms with E-state index in [1.54, 1.807) is 11.3 Å². The van der Waals surface area contributed by atoms with Crippen LogP contribution in [0.2, 0.25) is 0 Å². The monoisotopic (exact) mass is 397 g/mol. The quantitative estimate of drug-likeness (QED) is 0.613. The summed E-state index contributed by atoms with van der Waals surface area (Å²) < 4.78 is 5.79. The second-order valence-corrected chi connectivity index (χ2v) is 8.16. The fourth-order valence-electron chi connectivity index (χ4n) is 3.71. The van der Waals surface area contributed by atoms with Crippen LogP contribution in [0.4, 0.5) is 5.69 Å². The molecule has 2 heterocycles. The van der Waals surface area contributed by atoms with Crippen LogP contribution in [0.15, 0.2) is 40.1 Å². The van der Waals surface area contributed by atoms with Gasteiger partial charge >= 0.3 is 0 Å². The van der Waals surface area contributed by atoms with E-state index in [2.05, 4.69) is 34.6 Å². The van der Waals surface area contributed by atoms with E-state index in [1.165, 1.54) is 17.5 Å². The summed E-state index contributed by atoms with van der Waals surface area (Å²) in [6, 6.07) is 10.2. The van der Waals surface area contributed by atoms with Crippen molar-refractivity contribution in [1.29, 1.82) is 0 Å². The Morgan fingerprint density at radius 2 is 2.14 bits per heavy atom. The van der Waals surface area contributed by atoms with Crippen molar-refractivity contribution in [3.05, 3.63) is 52.7 Å². The molecular weight excluding hydrogens is 372 g/mol. The number of thiophene rings is 1. The lowest BCUT2D eigenvalue weighted by molar-refractivity contribution is -0.907. The van der Waals surface area contributed by atoms with E-state index < -0.39 is 0 Å². The highest BCUT2D eigenvalue weighted by Gasteiger charge is 2.19. The van der Waals surface area contributed by atoms with E-state index in [-0.39, 0.29) is 5.91 Å². The minimum Gasteiger partial charge on any atom is -0.414 e. The van der Waals surface area contributed by atoms with E-state index >= 15 is 0 Å². The zero-order valence-electron chi connectivity index (χ0n) is 16.0. The molecule has 7 heteroatoms. The lowest BCUT2D eigenvalue weighted by Gasteiger charge is -2.16. The molecule has 1 amide bonds. The Kier molecular flexibility index (Phi) is 5.83. The molecule has 0 saturated heterocycles. The summed E-state index contributed by atoms with van der Waals surface area (Å²) in [6.07, 6.45) is 4.44. The van der Waals surface area contributed by atoms with E-state index in [1.807, 2.05) is 23.6 Å². The number of fused-ring (bicyclic) bond motifs is 1. The summed E-state index contributed by atoms with van der Waals surface area (Å²) in [4.78, 5) is 14.7. The molecule has 0 bridgehead atoms. The van der Waals surface area contributed by atoms with Crippen LogP contribution in [0.25, 0.3) is 10.8 Å². The normalized spacial score (nSPS) is 14.0. The minimum atomic E-state index is 0.0133. The van der Waals surface area contributed by atoms with Gasteiger partial charge in [-0.3, -0.25) is 4.79 Å². The molecule has 2 aromatic heterocycles. The number of benzene rings is 1. The summed E-state index contributed by atoms with van der Waals surface area (Å²) in [7, 11) is 0. The molecule has 2 N–H and O–H groups in total. The maximum atomic E-state index is 12.6. The first-order valence-corrected chi connectivity index (χ1v) is 10.7. The van der Waals surface area contributed by atoms with Crippen molar-refractivity contribution in [3.63, 3.8) is 0 Å². The second kappa shape index (κ2) is 8.67. The molecule has 1 aliphatic rings. The second-order valence-electron chi connectivity index (χ2n) is 7.22. The Labute approximate surface area is 168 Å². The van der Waals surface area contributed by atoms with Crippen molar-refractivity contribution in [2.45, 2.75) is 39.2 Å². The molecule has 0 spiro atoms. The average molecular weight is 398 g/mol. The predicted octanol–water partition coefficient (Wildman–Crippen LogP) is 2.72. The summed E-state index contributed by atoms with van der Waals surface area (Å²) >= 11 is 1.57. The van der Waals surface area contributed by atoms with Gasteiger partial charge in [-0.25, -0.2) is 0 Å². The topological polar surface area (TPSA) is 72.5 Å². The molecule has 1 aromatic carbocycles. The van der Waals surface area contributed by atoms with Crippen LogP contribution >= 0.6 is 11.3 Å². The van der Waals surface area contributed by atoms with Crippen molar-refractivity contribution in [1.82, 2.24) is 10.2 Å². The number of amides is 1. The molecule has 0 fully saturated rings. The Morgan fingerprint density at radius 3 is 2.96 bits per heavy atom. The van der Waals surface area contributed by atoms with Crippen molar-refractivity contribution in [2.24, 2.45) is 0 Å². The number of aromatic nitrogens is 2. The fraction of sp³-hybridized carbons (Fsp3) is 0.381. The van der Waals surface area contributed by atoms with Crippen LogP contribution in [0.5, 0.6) is 0 Å². The highest BCUT2D eigenvalue weighted by Crippen LogP contribution is 2.25. The third-order valence-corrected chi connectivity index (χ3v) is 5.85. The number of hydrogen-bond donors (Lipinski definition) is 2. The van der Waals surface area contributed by atoms with Crippen LogP contribution in [0.3, 0.4) is 0 Å². The first-order chi connectivity index (χ1) is 13.7. The van der Waals surface area contributed by atoms with Crippen LogP contribution in [-0.2, 0) is 24.2 Å². The van der Waals surface area contributed by atoms with Crippen LogP contribution in [0.1, 0.15) is 36.8 Å². The van der Waals surface area contributed by atoms with Gasteiger partial charge in [-0.15, -0.1) is 21.5 Å². The van der Waals surface area contributed by atoms with Crippen LogP contribution in [-0.4, -0.2) is 29.2 Å². The van der Waals surface area contributed by atoms with Crippen molar-refractivity contribution in [2.75, 3.05) is 18.4 Å². The van der Waals surface area contributed by atoms with Gasteiger partial charge in [-0.05, 0) is 60.4 Å². The Hall–Kier alpha value is -2.51. The summed E-state index contributed by atoms with van der Waals surface area (Å²) in [5, 5.41) is 13.3. The fourth-order valence-corrected chi connectivity index (χ4v) is 4.36. The number of carbonyl (C=O) groups is 1. The maximum absolute atomic E-state index is 12.6. The van der Waals surface area contributed by atoms with E-state index in [4.69, 9.17) is 4.42 Å². The van der Waals surface area contributed by atoms with E-state index in [9.17, 15) is 4.79 Å². The number of carbonyl (C=O) groups excluding carboxylic acids is 1. The van der Waals surface area contributed by atoms with Crippen LogP contribution < -0.4 is 10.2 Å². The number of anilines is 1. The molecule has 4 rings (SSSR count). The predicted molar refractivity (Wildman–Crippen MR) is 109 cm³/mol. The highest BCUT2D eigenvalue weighted by atomic mass is 32.1. The number of rotatable bonds is 8. The maximum Gasteiger partial charge on any atom is 0.279 e. The Balaban J connectivity index is 1.37.